The third-order valence-electron chi connectivity index (χ3n) is 5.81. The van der Waals surface area contributed by atoms with Crippen LogP contribution in [0.15, 0.2) is 48.5 Å². The van der Waals surface area contributed by atoms with Gasteiger partial charge in [0.25, 0.3) is 5.91 Å². The molecule has 172 valence electrons. The lowest BCUT2D eigenvalue weighted by Crippen LogP contribution is -2.43. The molecule has 0 bridgehead atoms. The highest BCUT2D eigenvalue weighted by Crippen LogP contribution is 2.29. The Balaban J connectivity index is 1.43. The van der Waals surface area contributed by atoms with Gasteiger partial charge in [0.15, 0.2) is 0 Å². The number of carbonyl (C=O) groups excluding carboxylic acids is 2. The van der Waals surface area contributed by atoms with Crippen LogP contribution in [0.5, 0.6) is 5.75 Å². The Morgan fingerprint density at radius 2 is 1.76 bits per heavy atom. The van der Waals surface area contributed by atoms with Crippen molar-refractivity contribution in [3.05, 3.63) is 59.7 Å². The topological polar surface area (TPSA) is 84.4 Å². The van der Waals surface area contributed by atoms with Gasteiger partial charge in [-0.2, -0.15) is 0 Å². The lowest BCUT2D eigenvalue weighted by atomic mass is 9.86. The molecule has 0 aliphatic carbocycles. The van der Waals surface area contributed by atoms with Gasteiger partial charge in [0.2, 0.25) is 11.0 Å². The first-order valence-corrected chi connectivity index (χ1v) is 11.8. The van der Waals surface area contributed by atoms with Gasteiger partial charge in [0.1, 0.15) is 16.8 Å². The fraction of sp³-hybridized carbons (Fsp3) is 0.360. The molecule has 1 aromatic heterocycles. The zero-order valence-electron chi connectivity index (χ0n) is 19.3. The molecule has 2 heterocycles. The van der Waals surface area contributed by atoms with Crippen molar-refractivity contribution in [1.82, 2.24) is 15.1 Å². The van der Waals surface area contributed by atoms with Crippen LogP contribution >= 0.6 is 11.3 Å². The maximum Gasteiger partial charge on any atom is 0.254 e. The number of hydrogen-bond acceptors (Lipinski definition) is 6. The number of nitrogens with zero attached hydrogens (tertiary/aromatic N) is 3. The molecule has 2 aromatic carbocycles. The average Bonchev–Trinajstić information content (AvgIpc) is 3.48. The van der Waals surface area contributed by atoms with Crippen LogP contribution < -0.4 is 10.1 Å². The van der Waals surface area contributed by atoms with E-state index >= 15 is 0 Å². The monoisotopic (exact) mass is 464 g/mol. The van der Waals surface area contributed by atoms with E-state index in [0.29, 0.717) is 28.7 Å². The number of hydrogen-bond donors (Lipinski definition) is 1. The number of likely N-dealkylation sites (tertiary alicyclic amines) is 1. The van der Waals surface area contributed by atoms with Gasteiger partial charge < -0.3 is 9.64 Å². The molecule has 1 aliphatic rings. The van der Waals surface area contributed by atoms with Gasteiger partial charge in [-0.1, -0.05) is 44.2 Å². The minimum atomic E-state index is -0.520. The smallest absolute Gasteiger partial charge is 0.254 e. The molecule has 1 fully saturated rings. The van der Waals surface area contributed by atoms with Crippen LogP contribution in [0.3, 0.4) is 0 Å². The molecule has 2 amide bonds. The van der Waals surface area contributed by atoms with Crippen LogP contribution in [0.1, 0.15) is 49.5 Å². The summed E-state index contributed by atoms with van der Waals surface area (Å²) in [5, 5.41) is 12.3. The summed E-state index contributed by atoms with van der Waals surface area (Å²) in [6, 6.07) is 14.6. The van der Waals surface area contributed by atoms with E-state index in [4.69, 9.17) is 4.74 Å². The molecule has 3 aromatic rings. The predicted octanol–water partition coefficient (Wildman–Crippen LogP) is 4.75. The number of aromatic nitrogens is 2. The Hall–Kier alpha value is -3.26. The van der Waals surface area contributed by atoms with E-state index in [1.807, 2.05) is 48.5 Å². The van der Waals surface area contributed by atoms with Gasteiger partial charge in [0, 0.05) is 17.7 Å². The Morgan fingerprint density at radius 1 is 1.06 bits per heavy atom. The molecule has 4 rings (SSSR count). The number of methoxy groups -OCH3 is 1. The molecule has 7 nitrogen and oxygen atoms in total. The standard InChI is InChI=1S/C25H28N4O3S/c1-25(2,3)18-11-7-17(8-12-18)23(31)29-15-5-6-20(29)21(30)26-24-28-27-22(33-24)16-9-13-19(32-4)14-10-16/h7-14,20H,5-6,15H2,1-4H3,(H,26,28,30). The van der Waals surface area contributed by atoms with Gasteiger partial charge in [0.05, 0.1) is 7.11 Å². The second-order valence-electron chi connectivity index (χ2n) is 9.11. The summed E-state index contributed by atoms with van der Waals surface area (Å²) in [6.07, 6.45) is 1.42. The summed E-state index contributed by atoms with van der Waals surface area (Å²) in [4.78, 5) is 27.8. The lowest BCUT2D eigenvalue weighted by Gasteiger charge is -2.24. The molecular weight excluding hydrogens is 436 g/mol. The van der Waals surface area contributed by atoms with Crippen molar-refractivity contribution >= 4 is 28.3 Å². The minimum absolute atomic E-state index is 0.0179. The molecule has 1 N–H and O–H groups in total. The molecule has 0 radical (unpaired) electrons. The van der Waals surface area contributed by atoms with Crippen LogP contribution in [0.4, 0.5) is 5.13 Å². The number of anilines is 1. The first-order chi connectivity index (χ1) is 15.8. The number of carbonyl (C=O) groups is 2. The van der Waals surface area contributed by atoms with E-state index in [-0.39, 0.29) is 17.2 Å². The summed E-state index contributed by atoms with van der Waals surface area (Å²) >= 11 is 1.30. The number of benzene rings is 2. The number of rotatable bonds is 5. The number of nitrogens with one attached hydrogen (secondary N) is 1. The molecule has 1 aliphatic heterocycles. The number of ether oxygens (including phenoxy) is 1. The van der Waals surface area contributed by atoms with Gasteiger partial charge in [-0.15, -0.1) is 10.2 Å². The van der Waals surface area contributed by atoms with Crippen molar-refractivity contribution < 1.29 is 14.3 Å². The maximum atomic E-state index is 13.1. The lowest BCUT2D eigenvalue weighted by molar-refractivity contribution is -0.119. The normalized spacial score (nSPS) is 16.0. The van der Waals surface area contributed by atoms with E-state index in [2.05, 4.69) is 36.3 Å². The van der Waals surface area contributed by atoms with Crippen molar-refractivity contribution in [1.29, 1.82) is 0 Å². The van der Waals surface area contributed by atoms with Crippen molar-refractivity contribution in [2.24, 2.45) is 0 Å². The van der Waals surface area contributed by atoms with Gasteiger partial charge in [-0.05, 0) is 60.2 Å². The average molecular weight is 465 g/mol. The zero-order chi connectivity index (χ0) is 23.6. The molecular formula is C25H28N4O3S. The quantitative estimate of drug-likeness (QED) is 0.589. The molecule has 1 unspecified atom stereocenters. The van der Waals surface area contributed by atoms with Crippen LogP contribution in [0.25, 0.3) is 10.6 Å². The summed E-state index contributed by atoms with van der Waals surface area (Å²) < 4.78 is 5.18. The van der Waals surface area contributed by atoms with E-state index in [9.17, 15) is 9.59 Å². The van der Waals surface area contributed by atoms with Crippen molar-refractivity contribution in [2.45, 2.75) is 45.1 Å². The van der Waals surface area contributed by atoms with Gasteiger partial charge >= 0.3 is 0 Å². The van der Waals surface area contributed by atoms with Crippen molar-refractivity contribution in [3.8, 4) is 16.3 Å². The number of amides is 2. The second-order valence-corrected chi connectivity index (χ2v) is 10.1. The van der Waals surface area contributed by atoms with Gasteiger partial charge in [-0.3, -0.25) is 14.9 Å². The first kappa shape index (κ1) is 22.9. The highest BCUT2D eigenvalue weighted by atomic mass is 32.1. The van der Waals surface area contributed by atoms with E-state index in [1.54, 1.807) is 12.0 Å². The Morgan fingerprint density at radius 3 is 2.39 bits per heavy atom. The third kappa shape index (κ3) is 5.06. The second kappa shape index (κ2) is 9.31. The van der Waals surface area contributed by atoms with E-state index in [1.165, 1.54) is 16.9 Å². The maximum absolute atomic E-state index is 13.1. The van der Waals surface area contributed by atoms with Crippen LogP contribution in [-0.4, -0.2) is 46.6 Å². The fourth-order valence-electron chi connectivity index (χ4n) is 3.87. The third-order valence-corrected chi connectivity index (χ3v) is 6.69. The van der Waals surface area contributed by atoms with Crippen LogP contribution in [0.2, 0.25) is 0 Å². The van der Waals surface area contributed by atoms with E-state index in [0.717, 1.165) is 17.7 Å². The summed E-state index contributed by atoms with van der Waals surface area (Å²) in [6.45, 7) is 6.97. The van der Waals surface area contributed by atoms with Crippen LogP contribution in [0, 0.1) is 0 Å². The minimum Gasteiger partial charge on any atom is -0.497 e. The highest BCUT2D eigenvalue weighted by Gasteiger charge is 2.35. The molecule has 0 spiro atoms. The Labute approximate surface area is 197 Å². The molecule has 33 heavy (non-hydrogen) atoms. The fourth-order valence-corrected chi connectivity index (χ4v) is 4.63. The Kier molecular flexibility index (Phi) is 6.47. The SMILES string of the molecule is COc1ccc(-c2nnc(NC(=O)C3CCCN3C(=O)c3ccc(C(C)(C)C)cc3)s2)cc1. The van der Waals surface area contributed by atoms with E-state index < -0.39 is 6.04 Å². The summed E-state index contributed by atoms with van der Waals surface area (Å²) in [5.74, 6) is 0.407. The summed E-state index contributed by atoms with van der Waals surface area (Å²) in [5.41, 5.74) is 2.67. The van der Waals surface area contributed by atoms with Gasteiger partial charge in [-0.25, -0.2) is 0 Å². The Bertz CT molecular complexity index is 1130. The molecule has 1 atom stereocenters. The van der Waals surface area contributed by atoms with Crippen molar-refractivity contribution in [3.63, 3.8) is 0 Å². The zero-order valence-corrected chi connectivity index (χ0v) is 20.1. The molecule has 1 saturated heterocycles. The molecule has 8 heteroatoms. The van der Waals surface area contributed by atoms with Crippen LogP contribution in [-0.2, 0) is 10.2 Å². The molecule has 0 saturated carbocycles. The highest BCUT2D eigenvalue weighted by molar-refractivity contribution is 7.18. The predicted molar refractivity (Wildman–Crippen MR) is 130 cm³/mol. The summed E-state index contributed by atoms with van der Waals surface area (Å²) in [7, 11) is 1.62. The van der Waals surface area contributed by atoms with Crippen molar-refractivity contribution in [2.75, 3.05) is 19.0 Å². The first-order valence-electron chi connectivity index (χ1n) is 11.0. The largest absolute Gasteiger partial charge is 0.497 e.